The largest absolute Gasteiger partial charge is 0.497 e. The van der Waals surface area contributed by atoms with E-state index in [2.05, 4.69) is 15.2 Å². The summed E-state index contributed by atoms with van der Waals surface area (Å²) in [7, 11) is 1.63. The van der Waals surface area contributed by atoms with Crippen LogP contribution in [0.4, 0.5) is 5.69 Å². The first-order chi connectivity index (χ1) is 17.7. The molecular formula is C28H31N3O5. The fraction of sp³-hybridized carbons (Fsp3) is 0.357. The van der Waals surface area contributed by atoms with Crippen LogP contribution in [-0.2, 0) is 16.0 Å². The maximum absolute atomic E-state index is 13.3. The van der Waals surface area contributed by atoms with Gasteiger partial charge in [-0.2, -0.15) is 0 Å². The molecule has 3 heterocycles. The molecule has 0 saturated carbocycles. The number of methoxy groups -OCH3 is 1. The van der Waals surface area contributed by atoms with E-state index >= 15 is 0 Å². The summed E-state index contributed by atoms with van der Waals surface area (Å²) in [6.07, 6.45) is 4.11. The van der Waals surface area contributed by atoms with Gasteiger partial charge in [0.15, 0.2) is 0 Å². The number of benzene rings is 2. The number of anilines is 1. The molecule has 188 valence electrons. The monoisotopic (exact) mass is 489 g/mol. The van der Waals surface area contributed by atoms with Gasteiger partial charge in [-0.15, -0.1) is 0 Å². The number of amides is 1. The number of nitrogens with one attached hydrogen (secondary N) is 1. The summed E-state index contributed by atoms with van der Waals surface area (Å²) in [5.74, 6) is 1.78. The second kappa shape index (κ2) is 11.4. The van der Waals surface area contributed by atoms with Crippen molar-refractivity contribution in [1.82, 2.24) is 9.88 Å². The second-order valence-corrected chi connectivity index (χ2v) is 8.92. The Hall–Kier alpha value is -3.62. The predicted octanol–water partition coefficient (Wildman–Crippen LogP) is 3.66. The lowest BCUT2D eigenvalue weighted by Crippen LogP contribution is -2.38. The summed E-state index contributed by atoms with van der Waals surface area (Å²) in [6, 6.07) is 15.5. The lowest BCUT2D eigenvalue weighted by Gasteiger charge is -2.27. The zero-order chi connectivity index (χ0) is 24.7. The number of hydrogen-bond donors (Lipinski definition) is 1. The summed E-state index contributed by atoms with van der Waals surface area (Å²) < 4.78 is 22.8. The fourth-order valence-electron chi connectivity index (χ4n) is 4.48. The molecule has 0 unspecified atom stereocenters. The average molecular weight is 490 g/mol. The normalized spacial score (nSPS) is 17.5. The molecule has 1 atom stereocenters. The van der Waals surface area contributed by atoms with Crippen LogP contribution in [0.25, 0.3) is 11.1 Å². The molecular weight excluding hydrogens is 458 g/mol. The van der Waals surface area contributed by atoms with Crippen LogP contribution in [-0.4, -0.2) is 69.0 Å². The molecule has 0 radical (unpaired) electrons. The van der Waals surface area contributed by atoms with Crippen LogP contribution in [0.3, 0.4) is 0 Å². The number of aromatic nitrogens is 1. The third-order valence-electron chi connectivity index (χ3n) is 6.57. The van der Waals surface area contributed by atoms with Gasteiger partial charge in [0.2, 0.25) is 5.91 Å². The third kappa shape index (κ3) is 5.78. The highest BCUT2D eigenvalue weighted by molar-refractivity contribution is 5.95. The molecule has 2 aliphatic rings. The molecule has 5 rings (SSSR count). The summed E-state index contributed by atoms with van der Waals surface area (Å²) in [6.45, 7) is 4.94. The SMILES string of the molecule is COc1ccc2c(c1)C[C@@H](C(=O)Nc1ccc(-c3ccncc3)cc1OCCN1CCOCC1)CO2. The van der Waals surface area contributed by atoms with Gasteiger partial charge in [0.25, 0.3) is 0 Å². The van der Waals surface area contributed by atoms with Crippen LogP contribution in [0.1, 0.15) is 5.56 Å². The van der Waals surface area contributed by atoms with E-state index in [1.807, 2.05) is 48.5 Å². The third-order valence-corrected chi connectivity index (χ3v) is 6.57. The molecule has 1 fully saturated rings. The van der Waals surface area contributed by atoms with Gasteiger partial charge in [-0.3, -0.25) is 14.7 Å². The number of nitrogens with zero attached hydrogens (tertiary/aromatic N) is 2. The van der Waals surface area contributed by atoms with E-state index in [1.165, 1.54) is 0 Å². The smallest absolute Gasteiger partial charge is 0.231 e. The Morgan fingerprint density at radius 3 is 2.72 bits per heavy atom. The molecule has 1 amide bonds. The van der Waals surface area contributed by atoms with Crippen LogP contribution in [0.2, 0.25) is 0 Å². The van der Waals surface area contributed by atoms with Crippen molar-refractivity contribution in [3.8, 4) is 28.4 Å². The van der Waals surface area contributed by atoms with Crippen LogP contribution in [0, 0.1) is 5.92 Å². The Kier molecular flexibility index (Phi) is 7.64. The molecule has 36 heavy (non-hydrogen) atoms. The van der Waals surface area contributed by atoms with Gasteiger partial charge in [0.1, 0.15) is 30.5 Å². The summed E-state index contributed by atoms with van der Waals surface area (Å²) in [4.78, 5) is 19.7. The number of carbonyl (C=O) groups excluding carboxylic acids is 1. The number of ether oxygens (including phenoxy) is 4. The highest BCUT2D eigenvalue weighted by atomic mass is 16.5. The van der Waals surface area contributed by atoms with Crippen LogP contribution < -0.4 is 19.5 Å². The molecule has 1 aromatic heterocycles. The molecule has 0 bridgehead atoms. The Morgan fingerprint density at radius 1 is 1.08 bits per heavy atom. The van der Waals surface area contributed by atoms with E-state index in [4.69, 9.17) is 18.9 Å². The highest BCUT2D eigenvalue weighted by Crippen LogP contribution is 2.34. The minimum absolute atomic E-state index is 0.0989. The summed E-state index contributed by atoms with van der Waals surface area (Å²) >= 11 is 0. The number of carbonyl (C=O) groups is 1. The summed E-state index contributed by atoms with van der Waals surface area (Å²) in [5.41, 5.74) is 3.65. The van der Waals surface area contributed by atoms with Crippen molar-refractivity contribution >= 4 is 11.6 Å². The molecule has 1 N–H and O–H groups in total. The lowest BCUT2D eigenvalue weighted by molar-refractivity contribution is -0.121. The van der Waals surface area contributed by atoms with Crippen molar-refractivity contribution in [1.29, 1.82) is 0 Å². The van der Waals surface area contributed by atoms with Gasteiger partial charge < -0.3 is 24.3 Å². The molecule has 2 aromatic carbocycles. The minimum Gasteiger partial charge on any atom is -0.497 e. The maximum Gasteiger partial charge on any atom is 0.231 e. The first kappa shape index (κ1) is 24.1. The molecule has 0 aliphatic carbocycles. The van der Waals surface area contributed by atoms with E-state index in [0.29, 0.717) is 31.1 Å². The predicted molar refractivity (Wildman–Crippen MR) is 137 cm³/mol. The molecule has 8 nitrogen and oxygen atoms in total. The zero-order valence-electron chi connectivity index (χ0n) is 20.4. The first-order valence-electron chi connectivity index (χ1n) is 12.3. The number of hydrogen-bond acceptors (Lipinski definition) is 7. The maximum atomic E-state index is 13.3. The summed E-state index contributed by atoms with van der Waals surface area (Å²) in [5, 5.41) is 3.09. The molecule has 1 saturated heterocycles. The van der Waals surface area contributed by atoms with E-state index in [9.17, 15) is 4.79 Å². The molecule has 2 aliphatic heterocycles. The Bertz CT molecular complexity index is 1180. The van der Waals surface area contributed by atoms with Crippen LogP contribution in [0.5, 0.6) is 17.2 Å². The molecule has 8 heteroatoms. The van der Waals surface area contributed by atoms with Crippen molar-refractivity contribution < 1.29 is 23.7 Å². The Balaban J connectivity index is 1.31. The average Bonchev–Trinajstić information content (AvgIpc) is 2.94. The van der Waals surface area contributed by atoms with Crippen molar-refractivity contribution in [3.63, 3.8) is 0 Å². The van der Waals surface area contributed by atoms with Gasteiger partial charge in [0, 0.05) is 32.0 Å². The zero-order valence-corrected chi connectivity index (χ0v) is 20.4. The standard InChI is InChI=1S/C28H31N3O5/c1-33-24-3-5-26-22(17-24)16-23(19-36-26)28(32)30-25-4-2-21(20-6-8-29-9-7-20)18-27(25)35-15-12-31-10-13-34-14-11-31/h2-9,17-18,23H,10-16,19H2,1H3,(H,30,32)/t23-/m1/s1. The highest BCUT2D eigenvalue weighted by Gasteiger charge is 2.27. The first-order valence-corrected chi connectivity index (χ1v) is 12.3. The fourth-order valence-corrected chi connectivity index (χ4v) is 4.48. The van der Waals surface area contributed by atoms with Crippen LogP contribution >= 0.6 is 0 Å². The van der Waals surface area contributed by atoms with Gasteiger partial charge >= 0.3 is 0 Å². The van der Waals surface area contributed by atoms with Gasteiger partial charge in [-0.1, -0.05) is 6.07 Å². The van der Waals surface area contributed by atoms with E-state index < -0.39 is 0 Å². The van der Waals surface area contributed by atoms with Gasteiger partial charge in [-0.25, -0.2) is 0 Å². The van der Waals surface area contributed by atoms with Crippen molar-refractivity contribution in [2.24, 2.45) is 5.92 Å². The van der Waals surface area contributed by atoms with Crippen LogP contribution in [0.15, 0.2) is 60.9 Å². The topological polar surface area (TPSA) is 82.2 Å². The van der Waals surface area contributed by atoms with E-state index in [0.717, 1.165) is 61.0 Å². The molecule has 3 aromatic rings. The number of pyridine rings is 1. The van der Waals surface area contributed by atoms with Crippen molar-refractivity contribution in [2.75, 3.05) is 58.5 Å². The number of fused-ring (bicyclic) bond motifs is 1. The molecule has 0 spiro atoms. The second-order valence-electron chi connectivity index (χ2n) is 8.92. The Morgan fingerprint density at radius 2 is 1.92 bits per heavy atom. The number of morpholine rings is 1. The van der Waals surface area contributed by atoms with Gasteiger partial charge in [0.05, 0.1) is 31.9 Å². The van der Waals surface area contributed by atoms with E-state index in [1.54, 1.807) is 19.5 Å². The van der Waals surface area contributed by atoms with Crippen molar-refractivity contribution in [2.45, 2.75) is 6.42 Å². The quantitative estimate of drug-likeness (QED) is 0.517. The Labute approximate surface area is 211 Å². The number of rotatable bonds is 8. The minimum atomic E-state index is -0.314. The van der Waals surface area contributed by atoms with Gasteiger partial charge in [-0.05, 0) is 65.6 Å². The lowest BCUT2D eigenvalue weighted by atomic mass is 9.95. The van der Waals surface area contributed by atoms with Crippen molar-refractivity contribution in [3.05, 3.63) is 66.5 Å². The van der Waals surface area contributed by atoms with E-state index in [-0.39, 0.29) is 11.8 Å².